The van der Waals surface area contributed by atoms with Gasteiger partial charge in [-0.1, -0.05) is 48.0 Å². The average molecular weight is 425 g/mol. The molecule has 3 rings (SSSR count). The zero-order chi connectivity index (χ0) is 20.4. The minimum atomic E-state index is -4.51. The Labute approximate surface area is 170 Å². The van der Waals surface area contributed by atoms with Gasteiger partial charge in [-0.25, -0.2) is 0 Å². The molecule has 0 saturated carbocycles. The molecule has 0 amide bonds. The molecule has 3 N–H and O–H groups in total. The molecule has 0 heterocycles. The highest BCUT2D eigenvalue weighted by molar-refractivity contribution is 7.80. The number of nitrogens with one attached hydrogen (secondary N) is 1. The molecule has 1 unspecified atom stereocenters. The van der Waals surface area contributed by atoms with E-state index in [9.17, 15) is 13.2 Å². The van der Waals surface area contributed by atoms with Crippen LogP contribution in [0.3, 0.4) is 0 Å². The molecule has 3 nitrogen and oxygen atoms in total. The van der Waals surface area contributed by atoms with Crippen LogP contribution in [-0.4, -0.2) is 11.3 Å². The molecule has 8 heteroatoms. The quantitative estimate of drug-likeness (QED) is 0.616. The molecule has 0 spiro atoms. The van der Waals surface area contributed by atoms with Gasteiger partial charge >= 0.3 is 6.18 Å². The summed E-state index contributed by atoms with van der Waals surface area (Å²) < 4.78 is 46.4. The summed E-state index contributed by atoms with van der Waals surface area (Å²) in [6.45, 7) is 0. The largest absolute Gasteiger partial charge is 0.476 e. The third kappa shape index (κ3) is 4.48. The summed E-state index contributed by atoms with van der Waals surface area (Å²) >= 11 is 10.8. The number of thiocarbonyl (C=S) groups is 1. The Morgan fingerprint density at radius 3 is 2.46 bits per heavy atom. The fraction of sp³-hybridized carbons (Fsp3) is 0.150. The van der Waals surface area contributed by atoms with E-state index in [1.807, 2.05) is 0 Å². The monoisotopic (exact) mass is 424 g/mol. The molecule has 0 radical (unpaired) electrons. The van der Waals surface area contributed by atoms with Crippen molar-refractivity contribution >= 4 is 34.6 Å². The molecule has 28 heavy (non-hydrogen) atoms. The number of anilines is 1. The maximum atomic E-state index is 13.4. The highest BCUT2D eigenvalue weighted by atomic mass is 35.5. The number of hydrogen-bond donors (Lipinski definition) is 2. The molecule has 2 aromatic carbocycles. The van der Waals surface area contributed by atoms with Gasteiger partial charge in [0, 0.05) is 11.4 Å². The van der Waals surface area contributed by atoms with Crippen molar-refractivity contribution in [2.45, 2.75) is 18.2 Å². The Morgan fingerprint density at radius 1 is 1.14 bits per heavy atom. The summed E-state index contributed by atoms with van der Waals surface area (Å²) in [6, 6.07) is 13.3. The minimum Gasteiger partial charge on any atom is -0.476 e. The lowest BCUT2D eigenvalue weighted by Gasteiger charge is -2.35. The fourth-order valence-corrected chi connectivity index (χ4v) is 3.18. The second kappa shape index (κ2) is 7.85. The zero-order valence-electron chi connectivity index (χ0n) is 14.5. The lowest BCUT2D eigenvalue weighted by molar-refractivity contribution is -0.0903. The first kappa shape index (κ1) is 20.2. The van der Waals surface area contributed by atoms with E-state index in [0.29, 0.717) is 22.0 Å². The molecule has 0 fully saturated rings. The van der Waals surface area contributed by atoms with E-state index in [4.69, 9.17) is 34.3 Å². The van der Waals surface area contributed by atoms with Crippen LogP contribution in [0.5, 0.6) is 5.75 Å². The number of allylic oxidation sites excluding steroid dienone is 2. The van der Waals surface area contributed by atoms with Crippen molar-refractivity contribution in [2.24, 2.45) is 5.73 Å². The first-order chi connectivity index (χ1) is 13.2. The molecule has 2 aromatic rings. The predicted molar refractivity (Wildman–Crippen MR) is 109 cm³/mol. The highest BCUT2D eigenvalue weighted by Crippen LogP contribution is 2.42. The topological polar surface area (TPSA) is 47.3 Å². The van der Waals surface area contributed by atoms with Gasteiger partial charge in [-0.05, 0) is 48.1 Å². The number of hydrogen-bond acceptors (Lipinski definition) is 2. The predicted octanol–water partition coefficient (Wildman–Crippen LogP) is 5.72. The number of halogens is 4. The molecule has 1 aliphatic rings. The smallest absolute Gasteiger partial charge is 0.416 e. The summed E-state index contributed by atoms with van der Waals surface area (Å²) in [5, 5.41) is 3.28. The van der Waals surface area contributed by atoms with Gasteiger partial charge in [0.1, 0.15) is 5.75 Å². The van der Waals surface area contributed by atoms with Crippen LogP contribution < -0.4 is 15.8 Å². The van der Waals surface area contributed by atoms with Crippen molar-refractivity contribution in [3.63, 3.8) is 0 Å². The van der Waals surface area contributed by atoms with Gasteiger partial charge < -0.3 is 15.8 Å². The Hall–Kier alpha value is -2.51. The summed E-state index contributed by atoms with van der Waals surface area (Å²) in [5.41, 5.74) is 4.38. The van der Waals surface area contributed by atoms with E-state index in [-0.39, 0.29) is 11.5 Å². The van der Waals surface area contributed by atoms with Crippen LogP contribution >= 0.6 is 23.8 Å². The van der Waals surface area contributed by atoms with E-state index in [0.717, 1.165) is 12.2 Å². The number of nitrogens with two attached hydrogens (primary N) is 1. The average Bonchev–Trinajstić information content (AvgIpc) is 2.63. The summed E-state index contributed by atoms with van der Waals surface area (Å²) in [5.74, 6) is 0.318. The molecule has 0 aromatic heterocycles. The number of benzene rings is 2. The van der Waals surface area contributed by atoms with Crippen LogP contribution in [0, 0.1) is 0 Å². The van der Waals surface area contributed by atoms with Crippen molar-refractivity contribution in [2.75, 3.05) is 5.32 Å². The van der Waals surface area contributed by atoms with Gasteiger partial charge in [0.25, 0.3) is 0 Å². The Balaban J connectivity index is 2.11. The van der Waals surface area contributed by atoms with E-state index in [1.54, 1.807) is 48.5 Å². The first-order valence-corrected chi connectivity index (χ1v) is 9.05. The lowest BCUT2D eigenvalue weighted by atomic mass is 9.84. The van der Waals surface area contributed by atoms with Gasteiger partial charge in [-0.2, -0.15) is 13.2 Å². The van der Waals surface area contributed by atoms with E-state index in [1.165, 1.54) is 6.08 Å². The normalized spacial score (nSPS) is 19.1. The molecule has 0 bridgehead atoms. The van der Waals surface area contributed by atoms with Gasteiger partial charge in [-0.15, -0.1) is 0 Å². The molecule has 0 saturated heterocycles. The van der Waals surface area contributed by atoms with Gasteiger partial charge in [-0.3, -0.25) is 0 Å². The highest BCUT2D eigenvalue weighted by Gasteiger charge is 2.41. The summed E-state index contributed by atoms with van der Waals surface area (Å²) in [6.07, 6.45) is -0.713. The molecule has 1 aliphatic carbocycles. The molecular formula is C20H16ClF3N2OS. The van der Waals surface area contributed by atoms with Gasteiger partial charge in [0.05, 0.1) is 11.3 Å². The van der Waals surface area contributed by atoms with Crippen LogP contribution in [-0.2, 0) is 5.60 Å². The van der Waals surface area contributed by atoms with Crippen molar-refractivity contribution in [1.29, 1.82) is 0 Å². The number of ether oxygens (including phenoxy) is 1. The third-order valence-corrected chi connectivity index (χ3v) is 4.56. The lowest BCUT2D eigenvalue weighted by Crippen LogP contribution is -2.34. The summed E-state index contributed by atoms with van der Waals surface area (Å²) in [4.78, 5) is 0. The minimum absolute atomic E-state index is 0.0201. The Kier molecular flexibility index (Phi) is 5.67. The fourth-order valence-electron chi connectivity index (χ4n) is 2.95. The second-order valence-corrected chi connectivity index (χ2v) is 7.06. The van der Waals surface area contributed by atoms with Crippen molar-refractivity contribution in [1.82, 2.24) is 0 Å². The van der Waals surface area contributed by atoms with Crippen molar-refractivity contribution in [3.8, 4) is 5.75 Å². The maximum Gasteiger partial charge on any atom is 0.416 e. The number of alkyl halides is 3. The van der Waals surface area contributed by atoms with E-state index < -0.39 is 17.4 Å². The standard InChI is InChI=1S/C20H16ClF3N2OS/c21-15-9-7-13(8-10-15)19(11-3-4-14(12-19)20(22,23)24)27-17-6-2-1-5-16(17)26-18(25)28/h1-10,12H,11H2,(H3,25,26,28). The maximum absolute atomic E-state index is 13.4. The molecule has 146 valence electrons. The van der Waals surface area contributed by atoms with E-state index in [2.05, 4.69) is 5.32 Å². The van der Waals surface area contributed by atoms with Gasteiger partial charge in [0.2, 0.25) is 0 Å². The Morgan fingerprint density at radius 2 is 1.82 bits per heavy atom. The van der Waals surface area contributed by atoms with Crippen LogP contribution in [0.4, 0.5) is 18.9 Å². The summed E-state index contributed by atoms with van der Waals surface area (Å²) in [7, 11) is 0. The van der Waals surface area contributed by atoms with Gasteiger partial charge in [0.15, 0.2) is 10.7 Å². The van der Waals surface area contributed by atoms with Crippen molar-refractivity contribution < 1.29 is 17.9 Å². The zero-order valence-corrected chi connectivity index (χ0v) is 16.0. The van der Waals surface area contributed by atoms with E-state index >= 15 is 0 Å². The third-order valence-electron chi connectivity index (χ3n) is 4.20. The molecular weight excluding hydrogens is 409 g/mol. The Bertz CT molecular complexity index is 941. The van der Waals surface area contributed by atoms with Crippen LogP contribution in [0.1, 0.15) is 12.0 Å². The SMILES string of the molecule is NC(=S)Nc1ccccc1OC1(c2ccc(Cl)cc2)C=C(C(F)(F)F)C=CC1. The van der Waals surface area contributed by atoms with Crippen LogP contribution in [0.25, 0.3) is 0 Å². The molecule has 1 atom stereocenters. The first-order valence-electron chi connectivity index (χ1n) is 8.27. The number of rotatable bonds is 4. The molecule has 0 aliphatic heterocycles. The van der Waals surface area contributed by atoms with Crippen molar-refractivity contribution in [3.05, 3.63) is 82.9 Å². The van der Waals surface area contributed by atoms with Crippen LogP contribution in [0.2, 0.25) is 5.02 Å². The second-order valence-electron chi connectivity index (χ2n) is 6.19. The van der Waals surface area contributed by atoms with Crippen LogP contribution in [0.15, 0.2) is 72.3 Å². The number of para-hydroxylation sites is 2.